The van der Waals surface area contributed by atoms with E-state index >= 15 is 0 Å². The summed E-state index contributed by atoms with van der Waals surface area (Å²) in [6, 6.07) is 4.41. The number of ether oxygens (including phenoxy) is 1. The molecule has 0 unspecified atom stereocenters. The normalized spacial score (nSPS) is 22.2. The Labute approximate surface area is 173 Å². The van der Waals surface area contributed by atoms with Crippen LogP contribution in [0.5, 0.6) is 5.75 Å². The molecule has 6 nitrogen and oxygen atoms in total. The van der Waals surface area contributed by atoms with Gasteiger partial charge < -0.3 is 14.5 Å². The maximum Gasteiger partial charge on any atom is 0.284 e. The van der Waals surface area contributed by atoms with Gasteiger partial charge in [0.15, 0.2) is 6.10 Å². The number of nitrogens with one attached hydrogen (secondary N) is 1. The lowest BCUT2D eigenvalue weighted by atomic mass is 9.96. The Kier molecular flexibility index (Phi) is 8.27. The molecule has 1 amide bonds. The Balaban J connectivity index is 1.51. The van der Waals surface area contributed by atoms with Crippen LogP contribution in [0.3, 0.4) is 0 Å². The second-order valence-corrected chi connectivity index (χ2v) is 8.45. The van der Waals surface area contributed by atoms with Gasteiger partial charge in [-0.15, -0.1) is 0 Å². The third-order valence-electron chi connectivity index (χ3n) is 6.09. The summed E-state index contributed by atoms with van der Waals surface area (Å²) in [7, 11) is 0. The first-order valence-corrected chi connectivity index (χ1v) is 10.9. The van der Waals surface area contributed by atoms with E-state index in [4.69, 9.17) is 9.94 Å². The fraction of sp³-hybridized carbons (Fsp3) is 0.682. The zero-order valence-corrected chi connectivity index (χ0v) is 17.4. The molecular formula is C22H34FN3O3. The Bertz CT molecular complexity index is 667. The summed E-state index contributed by atoms with van der Waals surface area (Å²) in [6.07, 6.45) is 6.08. The molecule has 0 aromatic heterocycles. The highest BCUT2D eigenvalue weighted by Crippen LogP contribution is 2.22. The summed E-state index contributed by atoms with van der Waals surface area (Å²) in [4.78, 5) is 17.1. The Morgan fingerprint density at radius 1 is 1.24 bits per heavy atom. The zero-order valence-electron chi connectivity index (χ0n) is 17.4. The second kappa shape index (κ2) is 10.9. The van der Waals surface area contributed by atoms with Gasteiger partial charge in [-0.25, -0.2) is 9.87 Å². The molecule has 2 aliphatic rings. The maximum absolute atomic E-state index is 13.5. The first-order valence-electron chi connectivity index (χ1n) is 10.9. The van der Waals surface area contributed by atoms with E-state index in [-0.39, 0.29) is 5.82 Å². The molecule has 2 heterocycles. The monoisotopic (exact) mass is 407 g/mol. The number of rotatable bonds is 8. The summed E-state index contributed by atoms with van der Waals surface area (Å²) in [6.45, 7) is 8.07. The van der Waals surface area contributed by atoms with Gasteiger partial charge in [-0.05, 0) is 81.9 Å². The van der Waals surface area contributed by atoms with Crippen LogP contribution in [0.25, 0.3) is 0 Å². The SMILES string of the molecule is Cc1cc(O[C@H](CCN2CCC[C@H](CN3CCCCC3)C2)C(=O)NO)ccc1F. The molecule has 7 heteroatoms. The van der Waals surface area contributed by atoms with Gasteiger partial charge in [-0.1, -0.05) is 6.42 Å². The summed E-state index contributed by atoms with van der Waals surface area (Å²) >= 11 is 0. The van der Waals surface area contributed by atoms with E-state index in [0.29, 0.717) is 23.7 Å². The molecular weight excluding hydrogens is 373 g/mol. The summed E-state index contributed by atoms with van der Waals surface area (Å²) < 4.78 is 19.2. The first-order chi connectivity index (χ1) is 14.0. The van der Waals surface area contributed by atoms with Crippen LogP contribution in [0.2, 0.25) is 0 Å². The van der Waals surface area contributed by atoms with Crippen molar-refractivity contribution in [1.82, 2.24) is 15.3 Å². The van der Waals surface area contributed by atoms with Crippen molar-refractivity contribution in [3.05, 3.63) is 29.6 Å². The number of carbonyl (C=O) groups is 1. The van der Waals surface area contributed by atoms with Crippen LogP contribution in [0.4, 0.5) is 4.39 Å². The van der Waals surface area contributed by atoms with E-state index < -0.39 is 12.0 Å². The number of hydrogen-bond acceptors (Lipinski definition) is 5. The van der Waals surface area contributed by atoms with Gasteiger partial charge in [-0.3, -0.25) is 10.0 Å². The highest BCUT2D eigenvalue weighted by Gasteiger charge is 2.26. The van der Waals surface area contributed by atoms with Crippen molar-refractivity contribution in [1.29, 1.82) is 0 Å². The van der Waals surface area contributed by atoms with Gasteiger partial charge in [0.2, 0.25) is 0 Å². The molecule has 1 aromatic rings. The molecule has 3 rings (SSSR count). The van der Waals surface area contributed by atoms with E-state index in [1.54, 1.807) is 18.5 Å². The predicted octanol–water partition coefficient (Wildman–Crippen LogP) is 2.97. The number of benzene rings is 1. The van der Waals surface area contributed by atoms with Crippen LogP contribution in [-0.2, 0) is 4.79 Å². The van der Waals surface area contributed by atoms with Gasteiger partial charge in [0.25, 0.3) is 5.91 Å². The Hall–Kier alpha value is -1.70. The average molecular weight is 408 g/mol. The van der Waals surface area contributed by atoms with Gasteiger partial charge in [0.1, 0.15) is 11.6 Å². The van der Waals surface area contributed by atoms with Gasteiger partial charge in [0, 0.05) is 26.1 Å². The minimum Gasteiger partial charge on any atom is -0.480 e. The number of nitrogens with zero attached hydrogens (tertiary/aromatic N) is 2. The number of amides is 1. The largest absolute Gasteiger partial charge is 0.480 e. The number of hydrogen-bond donors (Lipinski definition) is 2. The standard InChI is InChI=1S/C22H34FN3O3/c1-17-14-19(7-8-20(17)23)29-21(22(27)24-28)9-13-26-12-5-6-18(16-26)15-25-10-3-2-4-11-25/h7-8,14,18,21,28H,2-6,9-13,15-16H2,1H3,(H,24,27)/t18-,21-/m1/s1. The number of likely N-dealkylation sites (tertiary alicyclic amines) is 2. The van der Waals surface area contributed by atoms with Crippen LogP contribution >= 0.6 is 0 Å². The quantitative estimate of drug-likeness (QED) is 0.512. The van der Waals surface area contributed by atoms with Crippen molar-refractivity contribution in [3.63, 3.8) is 0 Å². The number of carbonyl (C=O) groups excluding carboxylic acids is 1. The summed E-state index contributed by atoms with van der Waals surface area (Å²) in [5, 5.41) is 9.08. The van der Waals surface area contributed by atoms with Crippen molar-refractivity contribution in [3.8, 4) is 5.75 Å². The predicted molar refractivity (Wildman–Crippen MR) is 110 cm³/mol. The summed E-state index contributed by atoms with van der Waals surface area (Å²) in [5.41, 5.74) is 2.16. The van der Waals surface area contributed by atoms with E-state index in [1.807, 2.05) is 0 Å². The van der Waals surface area contributed by atoms with Crippen molar-refractivity contribution < 1.29 is 19.1 Å². The van der Waals surface area contributed by atoms with E-state index in [2.05, 4.69) is 9.80 Å². The van der Waals surface area contributed by atoms with Crippen molar-refractivity contribution >= 4 is 5.91 Å². The molecule has 0 aliphatic carbocycles. The molecule has 2 aliphatic heterocycles. The lowest BCUT2D eigenvalue weighted by Gasteiger charge is -2.37. The summed E-state index contributed by atoms with van der Waals surface area (Å²) in [5.74, 6) is 0.217. The molecule has 162 valence electrons. The van der Waals surface area contributed by atoms with Crippen LogP contribution in [0.1, 0.15) is 44.1 Å². The fourth-order valence-electron chi connectivity index (χ4n) is 4.48. The zero-order chi connectivity index (χ0) is 20.6. The van der Waals surface area contributed by atoms with Crippen LogP contribution in [0, 0.1) is 18.7 Å². The second-order valence-electron chi connectivity index (χ2n) is 8.45. The van der Waals surface area contributed by atoms with Crippen molar-refractivity contribution in [2.24, 2.45) is 5.92 Å². The van der Waals surface area contributed by atoms with Gasteiger partial charge in [-0.2, -0.15) is 0 Å². The lowest BCUT2D eigenvalue weighted by Crippen LogP contribution is -2.44. The average Bonchev–Trinajstić information content (AvgIpc) is 2.74. The van der Waals surface area contributed by atoms with E-state index in [1.165, 1.54) is 63.9 Å². The highest BCUT2D eigenvalue weighted by atomic mass is 19.1. The van der Waals surface area contributed by atoms with E-state index in [9.17, 15) is 9.18 Å². The fourth-order valence-corrected chi connectivity index (χ4v) is 4.48. The minimum atomic E-state index is -0.813. The van der Waals surface area contributed by atoms with Crippen molar-refractivity contribution in [2.75, 3.05) is 39.3 Å². The third kappa shape index (κ3) is 6.66. The number of hydroxylamine groups is 1. The molecule has 29 heavy (non-hydrogen) atoms. The van der Waals surface area contributed by atoms with Crippen molar-refractivity contribution in [2.45, 2.75) is 51.6 Å². The van der Waals surface area contributed by atoms with E-state index in [0.717, 1.165) is 19.6 Å². The number of aryl methyl sites for hydroxylation is 1. The molecule has 0 saturated carbocycles. The molecule has 1 aromatic carbocycles. The highest BCUT2D eigenvalue weighted by molar-refractivity contribution is 5.79. The topological polar surface area (TPSA) is 65.0 Å². The lowest BCUT2D eigenvalue weighted by molar-refractivity contribution is -0.137. The van der Waals surface area contributed by atoms with Gasteiger partial charge in [0.05, 0.1) is 0 Å². The number of piperidine rings is 2. The van der Waals surface area contributed by atoms with Crippen LogP contribution in [0.15, 0.2) is 18.2 Å². The molecule has 0 bridgehead atoms. The molecule has 0 radical (unpaired) electrons. The molecule has 2 fully saturated rings. The van der Waals surface area contributed by atoms with Gasteiger partial charge >= 0.3 is 0 Å². The number of halogens is 1. The van der Waals surface area contributed by atoms with Crippen LogP contribution < -0.4 is 10.2 Å². The van der Waals surface area contributed by atoms with Crippen LogP contribution in [-0.4, -0.2) is 66.3 Å². The molecule has 0 spiro atoms. The Morgan fingerprint density at radius 3 is 2.72 bits per heavy atom. The molecule has 2 atom stereocenters. The minimum absolute atomic E-state index is 0.312. The maximum atomic E-state index is 13.5. The third-order valence-corrected chi connectivity index (χ3v) is 6.09. The first kappa shape index (κ1) is 22.0. The molecule has 2 saturated heterocycles. The Morgan fingerprint density at radius 2 is 2.00 bits per heavy atom. The smallest absolute Gasteiger partial charge is 0.284 e. The molecule has 2 N–H and O–H groups in total.